The quantitative estimate of drug-likeness (QED) is 0.582. The van der Waals surface area contributed by atoms with Crippen LogP contribution in [0.3, 0.4) is 0 Å². The highest BCUT2D eigenvalue weighted by Crippen LogP contribution is 2.24. The molecule has 1 amide bonds. The number of hydrogen-bond acceptors (Lipinski definition) is 5. The van der Waals surface area contributed by atoms with Crippen LogP contribution in [-0.4, -0.2) is 49.0 Å². The van der Waals surface area contributed by atoms with Crippen LogP contribution in [0.2, 0.25) is 0 Å². The van der Waals surface area contributed by atoms with Gasteiger partial charge >= 0.3 is 0 Å². The van der Waals surface area contributed by atoms with Crippen LogP contribution in [0.5, 0.6) is 5.75 Å². The number of hydrogen-bond donors (Lipinski definition) is 1. The van der Waals surface area contributed by atoms with E-state index >= 15 is 0 Å². The highest BCUT2D eigenvalue weighted by Gasteiger charge is 2.16. The Labute approximate surface area is 136 Å². The molecule has 124 valence electrons. The van der Waals surface area contributed by atoms with Crippen molar-refractivity contribution in [2.24, 2.45) is 0 Å². The van der Waals surface area contributed by atoms with Gasteiger partial charge in [0.1, 0.15) is 5.75 Å². The average Bonchev–Trinajstić information content (AvgIpc) is 2.50. The topological polar surface area (TPSA) is 84.7 Å². The number of non-ortho nitro benzene ring substituents is 1. The summed E-state index contributed by atoms with van der Waals surface area (Å²) in [5, 5.41) is 13.5. The smallest absolute Gasteiger partial charge is 0.273 e. The molecule has 22 heavy (non-hydrogen) atoms. The minimum atomic E-state index is -0.523. The minimum Gasteiger partial charge on any atom is -0.496 e. The second-order valence-electron chi connectivity index (χ2n) is 4.42. The summed E-state index contributed by atoms with van der Waals surface area (Å²) in [4.78, 5) is 24.5. The third-order valence-corrected chi connectivity index (χ3v) is 3.25. The van der Waals surface area contributed by atoms with Gasteiger partial charge in [0, 0.05) is 19.2 Å². The van der Waals surface area contributed by atoms with Gasteiger partial charge in [-0.15, -0.1) is 12.4 Å². The second kappa shape index (κ2) is 9.97. The highest BCUT2D eigenvalue weighted by atomic mass is 35.5. The van der Waals surface area contributed by atoms with Crippen LogP contribution in [0.15, 0.2) is 18.2 Å². The van der Waals surface area contributed by atoms with Crippen molar-refractivity contribution in [1.82, 2.24) is 10.2 Å². The molecule has 1 aromatic rings. The summed E-state index contributed by atoms with van der Waals surface area (Å²) < 4.78 is 5.05. The molecule has 0 saturated carbocycles. The number of nitro benzene ring substituents is 1. The van der Waals surface area contributed by atoms with Crippen LogP contribution in [0.25, 0.3) is 0 Å². The van der Waals surface area contributed by atoms with Crippen LogP contribution in [0.1, 0.15) is 24.2 Å². The molecule has 0 unspecified atom stereocenters. The second-order valence-corrected chi connectivity index (χ2v) is 4.42. The molecular formula is C14H22ClN3O4. The first-order valence-corrected chi connectivity index (χ1v) is 6.86. The maximum Gasteiger partial charge on any atom is 0.273 e. The van der Waals surface area contributed by atoms with Gasteiger partial charge in [0.05, 0.1) is 23.7 Å². The first-order chi connectivity index (χ1) is 10.0. The van der Waals surface area contributed by atoms with Crippen molar-refractivity contribution in [3.8, 4) is 5.75 Å². The number of carbonyl (C=O) groups excluding carboxylic acids is 1. The molecule has 0 atom stereocenters. The number of ether oxygens (including phenoxy) is 1. The molecule has 0 spiro atoms. The molecule has 8 heteroatoms. The zero-order valence-corrected chi connectivity index (χ0v) is 13.8. The number of carbonyl (C=O) groups is 1. The molecule has 0 aromatic heterocycles. The summed E-state index contributed by atoms with van der Waals surface area (Å²) in [6.07, 6.45) is 0. The van der Waals surface area contributed by atoms with Gasteiger partial charge in [0.15, 0.2) is 0 Å². The molecule has 0 aliphatic rings. The van der Waals surface area contributed by atoms with Gasteiger partial charge < -0.3 is 15.0 Å². The normalized spacial score (nSPS) is 10.0. The molecular weight excluding hydrogens is 310 g/mol. The molecule has 0 fully saturated rings. The third-order valence-electron chi connectivity index (χ3n) is 3.25. The first kappa shape index (κ1) is 20.1. The van der Waals surface area contributed by atoms with Crippen molar-refractivity contribution in [3.63, 3.8) is 0 Å². The number of nitrogens with one attached hydrogen (secondary N) is 1. The van der Waals surface area contributed by atoms with Gasteiger partial charge in [0.25, 0.3) is 11.6 Å². The molecule has 0 saturated heterocycles. The molecule has 0 bridgehead atoms. The molecule has 0 heterocycles. The Balaban J connectivity index is 0.00000441. The Morgan fingerprint density at radius 2 is 2.00 bits per heavy atom. The lowest BCUT2D eigenvalue weighted by Gasteiger charge is -2.18. The first-order valence-electron chi connectivity index (χ1n) is 6.86. The van der Waals surface area contributed by atoms with E-state index in [2.05, 4.69) is 24.1 Å². The predicted molar refractivity (Wildman–Crippen MR) is 87.0 cm³/mol. The van der Waals surface area contributed by atoms with Crippen molar-refractivity contribution in [3.05, 3.63) is 33.9 Å². The largest absolute Gasteiger partial charge is 0.496 e. The van der Waals surface area contributed by atoms with E-state index in [0.717, 1.165) is 19.6 Å². The van der Waals surface area contributed by atoms with Gasteiger partial charge in [-0.3, -0.25) is 14.9 Å². The number of methoxy groups -OCH3 is 1. The van der Waals surface area contributed by atoms with Gasteiger partial charge in [-0.2, -0.15) is 0 Å². The maximum atomic E-state index is 12.1. The predicted octanol–water partition coefficient (Wildman–Crippen LogP) is 2.10. The lowest BCUT2D eigenvalue weighted by molar-refractivity contribution is -0.384. The Morgan fingerprint density at radius 1 is 1.36 bits per heavy atom. The molecule has 0 aliphatic carbocycles. The van der Waals surface area contributed by atoms with Crippen molar-refractivity contribution in [2.75, 3.05) is 33.3 Å². The molecule has 1 N–H and O–H groups in total. The Bertz CT molecular complexity index is 507. The minimum absolute atomic E-state index is 0. The number of rotatable bonds is 8. The van der Waals surface area contributed by atoms with E-state index in [1.807, 2.05) is 0 Å². The van der Waals surface area contributed by atoms with Crippen LogP contribution >= 0.6 is 12.4 Å². The van der Waals surface area contributed by atoms with Gasteiger partial charge in [0.2, 0.25) is 0 Å². The van der Waals surface area contributed by atoms with E-state index in [0.29, 0.717) is 12.1 Å². The summed E-state index contributed by atoms with van der Waals surface area (Å²) in [5.74, 6) is -0.0987. The van der Waals surface area contributed by atoms with Crippen molar-refractivity contribution in [2.45, 2.75) is 13.8 Å². The molecule has 7 nitrogen and oxygen atoms in total. The summed E-state index contributed by atoms with van der Waals surface area (Å²) in [5.41, 5.74) is 0.189. The van der Waals surface area contributed by atoms with Crippen LogP contribution < -0.4 is 10.1 Å². The van der Waals surface area contributed by atoms with Crippen LogP contribution in [0, 0.1) is 10.1 Å². The van der Waals surface area contributed by atoms with Crippen molar-refractivity contribution >= 4 is 24.0 Å². The fourth-order valence-corrected chi connectivity index (χ4v) is 1.94. The SMILES string of the molecule is CCN(CC)CCNC(=O)c1ccc([N+](=O)[O-])cc1OC.Cl. The van der Waals surface area contributed by atoms with Crippen LogP contribution in [0.4, 0.5) is 5.69 Å². The highest BCUT2D eigenvalue weighted by molar-refractivity contribution is 5.97. The number of likely N-dealkylation sites (N-methyl/N-ethyl adjacent to an activating group) is 1. The zero-order chi connectivity index (χ0) is 15.8. The van der Waals surface area contributed by atoms with E-state index in [1.54, 1.807) is 0 Å². The Morgan fingerprint density at radius 3 is 2.50 bits per heavy atom. The van der Waals surface area contributed by atoms with Crippen molar-refractivity contribution < 1.29 is 14.5 Å². The molecule has 0 aliphatic heterocycles. The Hall–Kier alpha value is -1.86. The van der Waals surface area contributed by atoms with Gasteiger partial charge in [-0.05, 0) is 19.2 Å². The number of amides is 1. The third kappa shape index (κ3) is 5.50. The lowest BCUT2D eigenvalue weighted by Crippen LogP contribution is -2.34. The van der Waals surface area contributed by atoms with E-state index in [4.69, 9.17) is 4.74 Å². The summed E-state index contributed by atoms with van der Waals surface area (Å²) >= 11 is 0. The Kier molecular flexibility index (Phi) is 9.12. The number of halogens is 1. The van der Waals surface area contributed by atoms with E-state index in [1.165, 1.54) is 25.3 Å². The molecule has 0 radical (unpaired) electrons. The van der Waals surface area contributed by atoms with Gasteiger partial charge in [-0.1, -0.05) is 13.8 Å². The fraction of sp³-hybridized carbons (Fsp3) is 0.500. The van der Waals surface area contributed by atoms with Crippen molar-refractivity contribution in [1.29, 1.82) is 0 Å². The number of nitro groups is 1. The van der Waals surface area contributed by atoms with Gasteiger partial charge in [-0.25, -0.2) is 0 Å². The average molecular weight is 332 g/mol. The summed E-state index contributed by atoms with van der Waals surface area (Å²) in [7, 11) is 1.38. The maximum absolute atomic E-state index is 12.1. The summed E-state index contributed by atoms with van der Waals surface area (Å²) in [6.45, 7) is 7.24. The van der Waals surface area contributed by atoms with E-state index in [-0.39, 0.29) is 29.8 Å². The zero-order valence-electron chi connectivity index (χ0n) is 13.0. The van der Waals surface area contributed by atoms with Crippen LogP contribution in [-0.2, 0) is 0 Å². The monoisotopic (exact) mass is 331 g/mol. The fourth-order valence-electron chi connectivity index (χ4n) is 1.94. The van der Waals surface area contributed by atoms with E-state index < -0.39 is 4.92 Å². The standard InChI is InChI=1S/C14H21N3O4.ClH/c1-4-16(5-2)9-8-15-14(18)12-7-6-11(17(19)20)10-13(12)21-3;/h6-7,10H,4-5,8-9H2,1-3H3,(H,15,18);1H. The number of nitrogens with zero attached hydrogens (tertiary/aromatic N) is 2. The summed E-state index contributed by atoms with van der Waals surface area (Å²) in [6, 6.07) is 3.95. The molecule has 1 rings (SSSR count). The lowest BCUT2D eigenvalue weighted by atomic mass is 10.1. The molecule has 1 aromatic carbocycles. The van der Waals surface area contributed by atoms with E-state index in [9.17, 15) is 14.9 Å². The number of benzene rings is 1.